The molecule has 0 aromatic heterocycles. The maximum absolute atomic E-state index is 12.7. The van der Waals surface area contributed by atoms with E-state index in [9.17, 15) is 13.5 Å². The number of phenols is 1. The maximum Gasteiger partial charge on any atom is 0.206 e. The highest BCUT2D eigenvalue weighted by Gasteiger charge is 2.17. The average molecular weight is 410 g/mol. The van der Waals surface area contributed by atoms with Crippen LogP contribution in [0.3, 0.4) is 0 Å². The Labute approximate surface area is 170 Å². The number of nitrogens with one attached hydrogen (secondary N) is 1. The number of hydrogen-bond acceptors (Lipinski definition) is 6. The molecule has 0 amide bonds. The van der Waals surface area contributed by atoms with E-state index in [1.54, 1.807) is 62.6 Å². The largest absolute Gasteiger partial charge is 0.507 e. The minimum atomic E-state index is -3.57. The molecule has 0 saturated heterocycles. The number of aromatic hydroxyl groups is 1. The highest BCUT2D eigenvalue weighted by Crippen LogP contribution is 2.25. The summed E-state index contributed by atoms with van der Waals surface area (Å²) >= 11 is 0. The molecule has 3 aromatic rings. The first-order chi connectivity index (χ1) is 13.8. The quantitative estimate of drug-likeness (QED) is 0.465. The molecule has 6 nitrogen and oxygen atoms in total. The summed E-state index contributed by atoms with van der Waals surface area (Å²) in [4.78, 5) is 0.462. The Kier molecular flexibility index (Phi) is 5.89. The van der Waals surface area contributed by atoms with Crippen molar-refractivity contribution in [3.05, 3.63) is 77.9 Å². The zero-order valence-electron chi connectivity index (χ0n) is 16.4. The standard InChI is InChI=1S/C22H22N2O4S/c1-15-4-9-19(10-5-15)29(26,27)20-11-6-17(7-12-20)24-23-16(2)21-14-18(28-3)8-13-22(21)25/h4-14,24-25H,1-3H3/b23-16+. The fourth-order valence-electron chi connectivity index (χ4n) is 2.70. The summed E-state index contributed by atoms with van der Waals surface area (Å²) in [6, 6.07) is 18.0. The lowest BCUT2D eigenvalue weighted by Gasteiger charge is -2.09. The van der Waals surface area contributed by atoms with Gasteiger partial charge in [0.05, 0.1) is 28.3 Å². The SMILES string of the molecule is COc1ccc(O)c(/C(C)=N/Nc2ccc(S(=O)(=O)c3ccc(C)cc3)cc2)c1. The zero-order valence-corrected chi connectivity index (χ0v) is 17.2. The van der Waals surface area contributed by atoms with Crippen LogP contribution in [0.25, 0.3) is 0 Å². The van der Waals surface area contributed by atoms with Gasteiger partial charge in [0.2, 0.25) is 9.84 Å². The summed E-state index contributed by atoms with van der Waals surface area (Å²) in [7, 11) is -2.02. The van der Waals surface area contributed by atoms with Crippen LogP contribution < -0.4 is 10.2 Å². The molecule has 0 aliphatic rings. The maximum atomic E-state index is 12.7. The highest BCUT2D eigenvalue weighted by molar-refractivity contribution is 7.91. The van der Waals surface area contributed by atoms with Gasteiger partial charge in [-0.3, -0.25) is 5.43 Å². The fourth-order valence-corrected chi connectivity index (χ4v) is 3.96. The van der Waals surface area contributed by atoms with Crippen molar-refractivity contribution in [3.63, 3.8) is 0 Å². The van der Waals surface area contributed by atoms with E-state index >= 15 is 0 Å². The van der Waals surface area contributed by atoms with E-state index in [-0.39, 0.29) is 15.5 Å². The van der Waals surface area contributed by atoms with Crippen LogP contribution in [-0.4, -0.2) is 26.3 Å². The smallest absolute Gasteiger partial charge is 0.206 e. The number of benzene rings is 3. The third kappa shape index (κ3) is 4.57. The van der Waals surface area contributed by atoms with Crippen LogP contribution in [0.1, 0.15) is 18.1 Å². The number of phenolic OH excluding ortho intramolecular Hbond substituents is 1. The van der Waals surface area contributed by atoms with Gasteiger partial charge in [0.15, 0.2) is 0 Å². The number of sulfone groups is 1. The molecule has 150 valence electrons. The number of anilines is 1. The van der Waals surface area contributed by atoms with Gasteiger partial charge in [-0.25, -0.2) is 8.42 Å². The van der Waals surface area contributed by atoms with Gasteiger partial charge in [0.1, 0.15) is 11.5 Å². The summed E-state index contributed by atoms with van der Waals surface area (Å²) < 4.78 is 30.6. The molecule has 0 fully saturated rings. The van der Waals surface area contributed by atoms with Gasteiger partial charge >= 0.3 is 0 Å². The van der Waals surface area contributed by atoms with Crippen molar-refractivity contribution < 1.29 is 18.3 Å². The molecule has 0 saturated carbocycles. The van der Waals surface area contributed by atoms with Crippen LogP contribution in [0, 0.1) is 6.92 Å². The van der Waals surface area contributed by atoms with E-state index in [4.69, 9.17) is 4.74 Å². The van der Waals surface area contributed by atoms with Gasteiger partial charge in [-0.1, -0.05) is 17.7 Å². The summed E-state index contributed by atoms with van der Waals surface area (Å²) in [5.41, 5.74) is 5.58. The molecule has 3 aromatic carbocycles. The Bertz CT molecular complexity index is 1140. The molecular weight excluding hydrogens is 388 g/mol. The molecule has 0 atom stereocenters. The van der Waals surface area contributed by atoms with E-state index in [0.29, 0.717) is 22.7 Å². The minimum absolute atomic E-state index is 0.0911. The number of nitrogens with zero attached hydrogens (tertiary/aromatic N) is 1. The van der Waals surface area contributed by atoms with E-state index < -0.39 is 9.84 Å². The third-order valence-corrected chi connectivity index (χ3v) is 6.23. The molecular formula is C22H22N2O4S. The molecule has 29 heavy (non-hydrogen) atoms. The van der Waals surface area contributed by atoms with Gasteiger partial charge in [-0.05, 0) is 68.4 Å². The van der Waals surface area contributed by atoms with E-state index in [1.807, 2.05) is 6.92 Å². The lowest BCUT2D eigenvalue weighted by molar-refractivity contribution is 0.412. The first-order valence-corrected chi connectivity index (χ1v) is 10.4. The summed E-state index contributed by atoms with van der Waals surface area (Å²) in [6.45, 7) is 3.66. The second kappa shape index (κ2) is 8.36. The van der Waals surface area contributed by atoms with Crippen LogP contribution in [-0.2, 0) is 9.84 Å². The Balaban J connectivity index is 1.79. The van der Waals surface area contributed by atoms with Crippen LogP contribution >= 0.6 is 0 Å². The van der Waals surface area contributed by atoms with Crippen LogP contribution in [0.4, 0.5) is 5.69 Å². The van der Waals surface area contributed by atoms with E-state index in [1.165, 1.54) is 18.2 Å². The molecule has 3 rings (SSSR count). The Morgan fingerprint density at radius 2 is 1.55 bits per heavy atom. The number of ether oxygens (including phenoxy) is 1. The normalized spacial score (nSPS) is 11.9. The molecule has 0 heterocycles. The van der Waals surface area contributed by atoms with Crippen LogP contribution in [0.15, 0.2) is 81.6 Å². The topological polar surface area (TPSA) is 88.0 Å². The average Bonchev–Trinajstić information content (AvgIpc) is 2.73. The summed E-state index contributed by atoms with van der Waals surface area (Å²) in [6.07, 6.45) is 0. The first kappa shape index (κ1) is 20.4. The van der Waals surface area contributed by atoms with Crippen LogP contribution in [0.5, 0.6) is 11.5 Å². The molecule has 0 bridgehead atoms. The molecule has 0 radical (unpaired) electrons. The second-order valence-corrected chi connectivity index (χ2v) is 8.48. The molecule has 7 heteroatoms. The van der Waals surface area contributed by atoms with Crippen LogP contribution in [0.2, 0.25) is 0 Å². The Morgan fingerprint density at radius 3 is 2.14 bits per heavy atom. The lowest BCUT2D eigenvalue weighted by atomic mass is 10.1. The number of methoxy groups -OCH3 is 1. The molecule has 0 spiro atoms. The zero-order chi connectivity index (χ0) is 21.0. The van der Waals surface area contributed by atoms with Crippen molar-refractivity contribution >= 4 is 21.2 Å². The predicted molar refractivity (Wildman–Crippen MR) is 114 cm³/mol. The third-order valence-electron chi connectivity index (χ3n) is 4.44. The molecule has 0 aliphatic heterocycles. The van der Waals surface area contributed by atoms with Crippen molar-refractivity contribution in [2.75, 3.05) is 12.5 Å². The second-order valence-electron chi connectivity index (χ2n) is 6.53. The Hall–Kier alpha value is -3.32. The lowest BCUT2D eigenvalue weighted by Crippen LogP contribution is -2.03. The van der Waals surface area contributed by atoms with E-state index in [0.717, 1.165) is 5.56 Å². The van der Waals surface area contributed by atoms with Crippen molar-refractivity contribution in [2.45, 2.75) is 23.6 Å². The van der Waals surface area contributed by atoms with Gasteiger partial charge in [0.25, 0.3) is 0 Å². The van der Waals surface area contributed by atoms with Gasteiger partial charge in [-0.2, -0.15) is 5.10 Å². The van der Waals surface area contributed by atoms with Crippen molar-refractivity contribution in [1.29, 1.82) is 0 Å². The minimum Gasteiger partial charge on any atom is -0.507 e. The number of hydrazone groups is 1. The molecule has 0 unspecified atom stereocenters. The van der Waals surface area contributed by atoms with Gasteiger partial charge < -0.3 is 9.84 Å². The first-order valence-electron chi connectivity index (χ1n) is 8.91. The van der Waals surface area contributed by atoms with Gasteiger partial charge in [-0.15, -0.1) is 0 Å². The fraction of sp³-hybridized carbons (Fsp3) is 0.136. The summed E-state index contributed by atoms with van der Waals surface area (Å²) in [5.74, 6) is 0.700. The highest BCUT2D eigenvalue weighted by atomic mass is 32.2. The summed E-state index contributed by atoms with van der Waals surface area (Å²) in [5, 5.41) is 14.3. The predicted octanol–water partition coefficient (Wildman–Crippen LogP) is 4.38. The Morgan fingerprint density at radius 1 is 0.966 bits per heavy atom. The number of aryl methyl sites for hydroxylation is 1. The number of rotatable bonds is 6. The van der Waals surface area contributed by atoms with Crippen molar-refractivity contribution in [1.82, 2.24) is 0 Å². The van der Waals surface area contributed by atoms with E-state index in [2.05, 4.69) is 10.5 Å². The monoisotopic (exact) mass is 410 g/mol. The number of hydrogen-bond donors (Lipinski definition) is 2. The van der Waals surface area contributed by atoms with Gasteiger partial charge in [0, 0.05) is 5.56 Å². The van der Waals surface area contributed by atoms with Crippen molar-refractivity contribution in [3.8, 4) is 11.5 Å². The van der Waals surface area contributed by atoms with Crippen molar-refractivity contribution in [2.24, 2.45) is 5.10 Å². The molecule has 2 N–H and O–H groups in total. The molecule has 0 aliphatic carbocycles.